The Balaban J connectivity index is 0.00000256. The molecule has 1 rings (SSSR count). The van der Waals surface area contributed by atoms with Gasteiger partial charge in [-0.3, -0.25) is 4.79 Å². The number of ether oxygens (including phenoxy) is 1. The molecule has 0 spiro atoms. The smallest absolute Gasteiger partial charge is 0.254 e. The van der Waals surface area contributed by atoms with Crippen LogP contribution in [-0.4, -0.2) is 25.7 Å². The number of rotatable bonds is 4. The second-order valence-electron chi connectivity index (χ2n) is 3.08. The highest BCUT2D eigenvalue weighted by atomic mass is 35.5. The molecule has 1 unspecified atom stereocenters. The van der Waals surface area contributed by atoms with Gasteiger partial charge in [-0.15, -0.1) is 12.4 Å². The summed E-state index contributed by atoms with van der Waals surface area (Å²) in [6.07, 6.45) is -0.733. The largest absolute Gasteiger partial charge is 0.370 e. The Kier molecular flexibility index (Phi) is 7.06. The standard InChI is InChI=1S/C10H12ClFN2O2.ClH/c1-16-9(5-13)10(15)14-6-2-3-8(12)7(11)4-6;/h2-4,9H,5,13H2,1H3,(H,14,15);1H. The molecule has 1 aromatic rings. The third-order valence-corrected chi connectivity index (χ3v) is 2.27. The maximum Gasteiger partial charge on any atom is 0.254 e. The van der Waals surface area contributed by atoms with E-state index in [1.165, 1.54) is 25.3 Å². The Bertz CT molecular complexity index is 387. The molecule has 7 heteroatoms. The van der Waals surface area contributed by atoms with Crippen molar-refractivity contribution in [2.45, 2.75) is 6.10 Å². The van der Waals surface area contributed by atoms with Gasteiger partial charge in [-0.1, -0.05) is 11.6 Å². The molecule has 0 aromatic heterocycles. The van der Waals surface area contributed by atoms with Crippen LogP contribution in [0.15, 0.2) is 18.2 Å². The van der Waals surface area contributed by atoms with Crippen molar-refractivity contribution in [3.05, 3.63) is 29.0 Å². The molecule has 17 heavy (non-hydrogen) atoms. The van der Waals surface area contributed by atoms with Crippen LogP contribution in [0.4, 0.5) is 10.1 Å². The lowest BCUT2D eigenvalue weighted by Gasteiger charge is -2.13. The summed E-state index contributed by atoms with van der Waals surface area (Å²) in [5.74, 6) is -0.936. The molecule has 3 N–H and O–H groups in total. The van der Waals surface area contributed by atoms with Crippen molar-refractivity contribution in [1.29, 1.82) is 0 Å². The fraction of sp³-hybridized carbons (Fsp3) is 0.300. The highest BCUT2D eigenvalue weighted by Gasteiger charge is 2.15. The quantitative estimate of drug-likeness (QED) is 0.885. The number of nitrogens with one attached hydrogen (secondary N) is 1. The van der Waals surface area contributed by atoms with Crippen molar-refractivity contribution in [3.63, 3.8) is 0 Å². The van der Waals surface area contributed by atoms with Crippen molar-refractivity contribution in [2.75, 3.05) is 19.0 Å². The lowest BCUT2D eigenvalue weighted by molar-refractivity contribution is -0.125. The van der Waals surface area contributed by atoms with Crippen molar-refractivity contribution in [2.24, 2.45) is 5.73 Å². The molecule has 4 nitrogen and oxygen atoms in total. The predicted octanol–water partition coefficient (Wildman–Crippen LogP) is 1.81. The van der Waals surface area contributed by atoms with E-state index in [1.54, 1.807) is 0 Å². The van der Waals surface area contributed by atoms with Gasteiger partial charge in [-0.05, 0) is 18.2 Å². The summed E-state index contributed by atoms with van der Waals surface area (Å²) >= 11 is 5.56. The van der Waals surface area contributed by atoms with E-state index in [2.05, 4.69) is 5.32 Å². The topological polar surface area (TPSA) is 64.3 Å². The van der Waals surface area contributed by atoms with Gasteiger partial charge < -0.3 is 15.8 Å². The van der Waals surface area contributed by atoms with E-state index in [1.807, 2.05) is 0 Å². The van der Waals surface area contributed by atoms with Crippen molar-refractivity contribution < 1.29 is 13.9 Å². The van der Waals surface area contributed by atoms with E-state index >= 15 is 0 Å². The van der Waals surface area contributed by atoms with E-state index < -0.39 is 17.8 Å². The molecule has 96 valence electrons. The Morgan fingerprint density at radius 3 is 2.76 bits per heavy atom. The second-order valence-corrected chi connectivity index (χ2v) is 3.49. The van der Waals surface area contributed by atoms with Gasteiger partial charge in [-0.25, -0.2) is 4.39 Å². The molecule has 0 radical (unpaired) electrons. The molecule has 0 aliphatic heterocycles. The molecule has 0 aliphatic rings. The number of carbonyl (C=O) groups excluding carboxylic acids is 1. The molecule has 1 atom stereocenters. The Morgan fingerprint density at radius 2 is 2.29 bits per heavy atom. The average Bonchev–Trinajstić information content (AvgIpc) is 2.25. The zero-order chi connectivity index (χ0) is 12.1. The van der Waals surface area contributed by atoms with Crippen LogP contribution in [0.25, 0.3) is 0 Å². The molecule has 1 amide bonds. The third-order valence-electron chi connectivity index (χ3n) is 1.98. The van der Waals surface area contributed by atoms with Gasteiger partial charge in [-0.2, -0.15) is 0 Å². The van der Waals surface area contributed by atoms with E-state index in [4.69, 9.17) is 22.1 Å². The van der Waals surface area contributed by atoms with Crippen LogP contribution in [0.2, 0.25) is 5.02 Å². The van der Waals surface area contributed by atoms with Gasteiger partial charge >= 0.3 is 0 Å². The first-order valence-electron chi connectivity index (χ1n) is 4.57. The molecule has 0 aliphatic carbocycles. The number of methoxy groups -OCH3 is 1. The van der Waals surface area contributed by atoms with Gasteiger partial charge in [0, 0.05) is 19.3 Å². The maximum absolute atomic E-state index is 12.8. The minimum absolute atomic E-state index is 0. The highest BCUT2D eigenvalue weighted by Crippen LogP contribution is 2.19. The fourth-order valence-corrected chi connectivity index (χ4v) is 1.29. The zero-order valence-electron chi connectivity index (χ0n) is 9.07. The van der Waals surface area contributed by atoms with Crippen molar-refractivity contribution in [3.8, 4) is 0 Å². The number of halogens is 3. The first-order chi connectivity index (χ1) is 7.58. The molecule has 0 bridgehead atoms. The fourth-order valence-electron chi connectivity index (χ4n) is 1.11. The van der Waals surface area contributed by atoms with Gasteiger partial charge in [0.05, 0.1) is 5.02 Å². The minimum atomic E-state index is -0.733. The number of hydrogen-bond donors (Lipinski definition) is 2. The number of carbonyl (C=O) groups is 1. The van der Waals surface area contributed by atoms with Crippen LogP contribution in [0.3, 0.4) is 0 Å². The van der Waals surface area contributed by atoms with Gasteiger partial charge in [0.1, 0.15) is 11.9 Å². The SMILES string of the molecule is COC(CN)C(=O)Nc1ccc(F)c(Cl)c1.Cl. The first kappa shape index (κ1) is 16.1. The van der Waals surface area contributed by atoms with Gasteiger partial charge in [0.15, 0.2) is 0 Å². The molecule has 0 fully saturated rings. The van der Waals surface area contributed by atoms with E-state index in [0.717, 1.165) is 0 Å². The summed E-state index contributed by atoms with van der Waals surface area (Å²) in [4.78, 5) is 11.5. The van der Waals surface area contributed by atoms with E-state index in [0.29, 0.717) is 5.69 Å². The maximum atomic E-state index is 12.8. The number of benzene rings is 1. The number of nitrogens with two attached hydrogens (primary N) is 1. The highest BCUT2D eigenvalue weighted by molar-refractivity contribution is 6.31. The summed E-state index contributed by atoms with van der Waals surface area (Å²) in [5.41, 5.74) is 5.72. The van der Waals surface area contributed by atoms with Crippen molar-refractivity contribution >= 4 is 35.6 Å². The molecule has 0 heterocycles. The first-order valence-corrected chi connectivity index (χ1v) is 4.95. The summed E-state index contributed by atoms with van der Waals surface area (Å²) in [7, 11) is 1.38. The van der Waals surface area contributed by atoms with Crippen LogP contribution in [0, 0.1) is 5.82 Å². The molecule has 0 saturated heterocycles. The second kappa shape index (κ2) is 7.45. The van der Waals surface area contributed by atoms with Crippen LogP contribution in [0.1, 0.15) is 0 Å². The number of anilines is 1. The number of hydrogen-bond acceptors (Lipinski definition) is 3. The lowest BCUT2D eigenvalue weighted by atomic mass is 10.2. The summed E-state index contributed by atoms with van der Waals surface area (Å²) < 4.78 is 17.7. The Morgan fingerprint density at radius 1 is 1.65 bits per heavy atom. The van der Waals surface area contributed by atoms with Crippen LogP contribution in [0.5, 0.6) is 0 Å². The summed E-state index contributed by atoms with van der Waals surface area (Å²) in [5, 5.41) is 2.46. The van der Waals surface area contributed by atoms with E-state index in [9.17, 15) is 9.18 Å². The monoisotopic (exact) mass is 282 g/mol. The Hall–Kier alpha value is -0.880. The van der Waals surface area contributed by atoms with Crippen molar-refractivity contribution in [1.82, 2.24) is 0 Å². The van der Waals surface area contributed by atoms with Crippen LogP contribution < -0.4 is 11.1 Å². The lowest BCUT2D eigenvalue weighted by Crippen LogP contribution is -2.35. The van der Waals surface area contributed by atoms with Gasteiger partial charge in [0.2, 0.25) is 0 Å². The summed E-state index contributed by atoms with van der Waals surface area (Å²) in [6, 6.07) is 3.89. The predicted molar refractivity (Wildman–Crippen MR) is 67.1 cm³/mol. The molecule has 0 saturated carbocycles. The zero-order valence-corrected chi connectivity index (χ0v) is 10.6. The molecular weight excluding hydrogens is 270 g/mol. The van der Waals surface area contributed by atoms with Crippen LogP contribution in [-0.2, 0) is 9.53 Å². The van der Waals surface area contributed by atoms with Gasteiger partial charge in [0.25, 0.3) is 5.91 Å². The minimum Gasteiger partial charge on any atom is -0.370 e. The molecule has 1 aromatic carbocycles. The average molecular weight is 283 g/mol. The summed E-state index contributed by atoms with van der Waals surface area (Å²) in [6.45, 7) is 0.0667. The Labute approximate surface area is 110 Å². The normalized spacial score (nSPS) is 11.5. The third kappa shape index (κ3) is 4.47. The number of amides is 1. The van der Waals surface area contributed by atoms with Crippen LogP contribution >= 0.6 is 24.0 Å². The molecular formula is C10H13Cl2FN2O2. The van der Waals surface area contributed by atoms with E-state index in [-0.39, 0.29) is 24.0 Å².